The highest BCUT2D eigenvalue weighted by Gasteiger charge is 2.21. The van der Waals surface area contributed by atoms with Crippen LogP contribution in [-0.2, 0) is 10.0 Å². The van der Waals surface area contributed by atoms with Crippen molar-refractivity contribution in [1.82, 2.24) is 19.6 Å². The molecule has 3 heterocycles. The van der Waals surface area contributed by atoms with Crippen molar-refractivity contribution in [1.29, 1.82) is 0 Å². The molecule has 0 spiro atoms. The second-order valence-corrected chi connectivity index (χ2v) is 8.97. The quantitative estimate of drug-likeness (QED) is 0.414. The smallest absolute Gasteiger partial charge is 0.234 e. The molecule has 0 saturated heterocycles. The summed E-state index contributed by atoms with van der Waals surface area (Å²) >= 11 is 0. The van der Waals surface area contributed by atoms with Crippen molar-refractivity contribution in [3.63, 3.8) is 0 Å². The van der Waals surface area contributed by atoms with Gasteiger partial charge in [0.2, 0.25) is 15.8 Å². The summed E-state index contributed by atoms with van der Waals surface area (Å²) in [7, 11) is -3.40. The summed E-state index contributed by atoms with van der Waals surface area (Å²) in [5.74, 6) is -0.247. The molecule has 0 aliphatic rings. The minimum atomic E-state index is -3.40. The van der Waals surface area contributed by atoms with E-state index >= 15 is 0 Å². The number of rotatable bonds is 7. The number of carbonyl (C=O) groups is 1. The third kappa shape index (κ3) is 3.79. The Morgan fingerprint density at radius 1 is 1.03 bits per heavy atom. The average Bonchev–Trinajstić information content (AvgIpc) is 3.24. The van der Waals surface area contributed by atoms with Gasteiger partial charge in [0.05, 0.1) is 28.9 Å². The molecule has 0 amide bonds. The maximum Gasteiger partial charge on any atom is 0.234 e. The van der Waals surface area contributed by atoms with Gasteiger partial charge in [-0.1, -0.05) is 18.2 Å². The zero-order valence-electron chi connectivity index (χ0n) is 17.1. The molecule has 0 bridgehead atoms. The van der Waals surface area contributed by atoms with Crippen molar-refractivity contribution in [3.8, 4) is 11.3 Å². The average molecular weight is 436 g/mol. The Bertz CT molecular complexity index is 1350. The molecule has 3 aromatic heterocycles. The number of hydrogen-bond acceptors (Lipinski definition) is 6. The fourth-order valence-corrected chi connectivity index (χ4v) is 4.56. The van der Waals surface area contributed by atoms with E-state index in [2.05, 4.69) is 15.1 Å². The molecule has 4 aromatic rings. The maximum absolute atomic E-state index is 12.9. The van der Waals surface area contributed by atoms with E-state index in [-0.39, 0.29) is 11.5 Å². The fraction of sp³-hybridized carbons (Fsp3) is 0.182. The monoisotopic (exact) mass is 435 g/mol. The van der Waals surface area contributed by atoms with E-state index in [0.29, 0.717) is 34.8 Å². The van der Waals surface area contributed by atoms with Gasteiger partial charge in [0.15, 0.2) is 5.65 Å². The Hall–Kier alpha value is -3.59. The van der Waals surface area contributed by atoms with Gasteiger partial charge in [0.25, 0.3) is 0 Å². The van der Waals surface area contributed by atoms with Crippen LogP contribution in [-0.4, -0.2) is 46.1 Å². The molecular formula is C22H21N5O3S. The molecule has 31 heavy (non-hydrogen) atoms. The molecule has 0 radical (unpaired) electrons. The van der Waals surface area contributed by atoms with Crippen LogP contribution in [0.15, 0.2) is 67.1 Å². The first-order valence-electron chi connectivity index (χ1n) is 9.85. The lowest BCUT2D eigenvalue weighted by Crippen LogP contribution is -2.32. The Balaban J connectivity index is 1.80. The van der Waals surface area contributed by atoms with Crippen LogP contribution >= 0.6 is 0 Å². The first-order chi connectivity index (χ1) is 15.0. The SMILES string of the molecule is CCN(c1cccc(-c2ccnc3c(C(=O)c4ccccn4)cnn23)c1)S(=O)(=O)CC. The van der Waals surface area contributed by atoms with Crippen LogP contribution in [0.3, 0.4) is 0 Å². The third-order valence-corrected chi connectivity index (χ3v) is 6.83. The number of nitrogens with zero attached hydrogens (tertiary/aromatic N) is 5. The lowest BCUT2D eigenvalue weighted by Gasteiger charge is -2.22. The summed E-state index contributed by atoms with van der Waals surface area (Å²) in [4.78, 5) is 21.3. The molecule has 0 aliphatic heterocycles. The van der Waals surface area contributed by atoms with Gasteiger partial charge in [0, 0.05) is 24.5 Å². The summed E-state index contributed by atoms with van der Waals surface area (Å²) in [5.41, 5.74) is 3.10. The molecule has 0 saturated carbocycles. The van der Waals surface area contributed by atoms with Gasteiger partial charge < -0.3 is 0 Å². The van der Waals surface area contributed by atoms with Crippen LogP contribution in [0.4, 0.5) is 5.69 Å². The number of anilines is 1. The van der Waals surface area contributed by atoms with Crippen molar-refractivity contribution < 1.29 is 13.2 Å². The topological polar surface area (TPSA) is 97.5 Å². The standard InChI is InChI=1S/C22H21N5O3S/c1-3-26(31(29,30)4-2)17-9-7-8-16(14-17)20-11-13-24-22-18(15-25-27(20)22)21(28)19-10-5-6-12-23-19/h5-15H,3-4H2,1-2H3. The zero-order valence-corrected chi connectivity index (χ0v) is 18.0. The molecule has 0 N–H and O–H groups in total. The number of aromatic nitrogens is 4. The highest BCUT2D eigenvalue weighted by Crippen LogP contribution is 2.27. The summed E-state index contributed by atoms with van der Waals surface area (Å²) in [6.45, 7) is 3.75. The van der Waals surface area contributed by atoms with Gasteiger partial charge in [-0.3, -0.25) is 14.1 Å². The number of benzene rings is 1. The van der Waals surface area contributed by atoms with Crippen LogP contribution in [0.1, 0.15) is 29.9 Å². The largest absolute Gasteiger partial charge is 0.287 e. The number of carbonyl (C=O) groups excluding carboxylic acids is 1. The van der Waals surface area contributed by atoms with Gasteiger partial charge in [-0.2, -0.15) is 5.10 Å². The third-order valence-electron chi connectivity index (χ3n) is 4.96. The van der Waals surface area contributed by atoms with E-state index in [1.54, 1.807) is 73.2 Å². The second kappa shape index (κ2) is 8.27. The van der Waals surface area contributed by atoms with E-state index in [1.807, 2.05) is 6.07 Å². The van der Waals surface area contributed by atoms with Gasteiger partial charge in [-0.15, -0.1) is 0 Å². The molecular weight excluding hydrogens is 414 g/mol. The summed E-state index contributed by atoms with van der Waals surface area (Å²) in [6, 6.07) is 14.1. The predicted molar refractivity (Wildman–Crippen MR) is 119 cm³/mol. The predicted octanol–water partition coefficient (Wildman–Crippen LogP) is 3.20. The molecule has 9 heteroatoms. The molecule has 1 aromatic carbocycles. The van der Waals surface area contributed by atoms with Gasteiger partial charge in [0.1, 0.15) is 5.69 Å². The Kier molecular flexibility index (Phi) is 5.51. The van der Waals surface area contributed by atoms with Crippen LogP contribution < -0.4 is 4.31 Å². The zero-order chi connectivity index (χ0) is 22.0. The van der Waals surface area contributed by atoms with Crippen molar-refractivity contribution in [2.45, 2.75) is 13.8 Å². The van der Waals surface area contributed by atoms with E-state index < -0.39 is 10.0 Å². The van der Waals surface area contributed by atoms with Gasteiger partial charge in [-0.05, 0) is 44.2 Å². The number of ketones is 1. The van der Waals surface area contributed by atoms with Crippen LogP contribution in [0.5, 0.6) is 0 Å². The first-order valence-corrected chi connectivity index (χ1v) is 11.5. The lowest BCUT2D eigenvalue weighted by atomic mass is 10.1. The fourth-order valence-electron chi connectivity index (χ4n) is 3.42. The molecule has 0 unspecified atom stereocenters. The maximum atomic E-state index is 12.9. The minimum absolute atomic E-state index is 0.0166. The highest BCUT2D eigenvalue weighted by molar-refractivity contribution is 7.92. The molecule has 0 atom stereocenters. The minimum Gasteiger partial charge on any atom is -0.287 e. The van der Waals surface area contributed by atoms with Crippen LogP contribution in [0, 0.1) is 0 Å². The van der Waals surface area contributed by atoms with Crippen molar-refractivity contribution >= 4 is 27.1 Å². The van der Waals surface area contributed by atoms with Crippen molar-refractivity contribution in [2.75, 3.05) is 16.6 Å². The first kappa shape index (κ1) is 20.7. The summed E-state index contributed by atoms with van der Waals surface area (Å²) in [5, 5.41) is 4.37. The van der Waals surface area contributed by atoms with Crippen LogP contribution in [0.2, 0.25) is 0 Å². The van der Waals surface area contributed by atoms with Crippen molar-refractivity contribution in [2.24, 2.45) is 0 Å². The molecule has 4 rings (SSSR count). The van der Waals surface area contributed by atoms with E-state index in [0.717, 1.165) is 5.56 Å². The Morgan fingerprint density at radius 2 is 1.87 bits per heavy atom. The number of fused-ring (bicyclic) bond motifs is 1. The second-order valence-electron chi connectivity index (χ2n) is 6.78. The van der Waals surface area contributed by atoms with Gasteiger partial charge >= 0.3 is 0 Å². The summed E-state index contributed by atoms with van der Waals surface area (Å²) in [6.07, 6.45) is 4.65. The lowest BCUT2D eigenvalue weighted by molar-refractivity contribution is 0.103. The van der Waals surface area contributed by atoms with E-state index in [9.17, 15) is 13.2 Å². The highest BCUT2D eigenvalue weighted by atomic mass is 32.2. The molecule has 158 valence electrons. The van der Waals surface area contributed by atoms with Gasteiger partial charge in [-0.25, -0.2) is 17.9 Å². The Morgan fingerprint density at radius 3 is 2.58 bits per heavy atom. The number of hydrogen-bond donors (Lipinski definition) is 0. The number of sulfonamides is 1. The van der Waals surface area contributed by atoms with E-state index in [1.165, 1.54) is 10.5 Å². The number of pyridine rings is 1. The molecule has 0 fully saturated rings. The molecule has 8 nitrogen and oxygen atoms in total. The van der Waals surface area contributed by atoms with Crippen molar-refractivity contribution in [3.05, 3.63) is 78.4 Å². The van der Waals surface area contributed by atoms with Crippen LogP contribution in [0.25, 0.3) is 16.9 Å². The molecule has 0 aliphatic carbocycles. The van der Waals surface area contributed by atoms with E-state index in [4.69, 9.17) is 0 Å². The summed E-state index contributed by atoms with van der Waals surface area (Å²) < 4.78 is 27.9. The Labute approximate surface area is 180 Å². The normalized spacial score (nSPS) is 11.5.